The van der Waals surface area contributed by atoms with Crippen LogP contribution < -0.4 is 11.0 Å². The van der Waals surface area contributed by atoms with E-state index in [1.54, 1.807) is 18.2 Å². The molecule has 4 rings (SSSR count). The lowest BCUT2D eigenvalue weighted by molar-refractivity contribution is -0.143. The van der Waals surface area contributed by atoms with Gasteiger partial charge >= 0.3 is 11.9 Å². The van der Waals surface area contributed by atoms with Gasteiger partial charge in [-0.2, -0.15) is 18.3 Å². The van der Waals surface area contributed by atoms with E-state index in [-0.39, 0.29) is 11.4 Å². The maximum Gasteiger partial charge on any atom is 0.434 e. The molecule has 0 atom stereocenters. The maximum absolute atomic E-state index is 13.7. The SMILES string of the molecule is O=C(Nc1ccc2[nH]c(=O)[nH]c2c1)c1cnn(-c2ccccc2)c1C(F)(F)F. The molecule has 7 nitrogen and oxygen atoms in total. The second-order valence-electron chi connectivity index (χ2n) is 5.95. The van der Waals surface area contributed by atoms with Crippen LogP contribution in [-0.2, 0) is 6.18 Å². The summed E-state index contributed by atoms with van der Waals surface area (Å²) in [5, 5.41) is 6.16. The van der Waals surface area contributed by atoms with Crippen molar-refractivity contribution in [3.63, 3.8) is 0 Å². The number of nitrogens with zero attached hydrogens (tertiary/aromatic N) is 2. The first-order valence-electron chi connectivity index (χ1n) is 8.07. The van der Waals surface area contributed by atoms with Crippen LogP contribution in [0.15, 0.2) is 59.5 Å². The van der Waals surface area contributed by atoms with Gasteiger partial charge < -0.3 is 15.3 Å². The van der Waals surface area contributed by atoms with E-state index in [4.69, 9.17) is 0 Å². The summed E-state index contributed by atoms with van der Waals surface area (Å²) in [5.74, 6) is -0.966. The first-order chi connectivity index (χ1) is 13.3. The van der Waals surface area contributed by atoms with Crippen LogP contribution in [0.5, 0.6) is 0 Å². The molecular weight excluding hydrogens is 375 g/mol. The highest BCUT2D eigenvalue weighted by Crippen LogP contribution is 2.34. The number of para-hydroxylation sites is 1. The van der Waals surface area contributed by atoms with Crippen LogP contribution in [0, 0.1) is 0 Å². The summed E-state index contributed by atoms with van der Waals surface area (Å²) in [7, 11) is 0. The molecule has 10 heteroatoms. The highest BCUT2D eigenvalue weighted by Gasteiger charge is 2.40. The minimum atomic E-state index is -4.80. The average Bonchev–Trinajstić information content (AvgIpc) is 3.25. The summed E-state index contributed by atoms with van der Waals surface area (Å²) < 4.78 is 41.6. The highest BCUT2D eigenvalue weighted by atomic mass is 19.4. The molecule has 142 valence electrons. The third kappa shape index (κ3) is 3.15. The quantitative estimate of drug-likeness (QED) is 0.503. The summed E-state index contributed by atoms with van der Waals surface area (Å²) in [6.07, 6.45) is -3.92. The number of alkyl halides is 3. The Morgan fingerprint density at radius 2 is 1.75 bits per heavy atom. The first kappa shape index (κ1) is 17.6. The zero-order valence-corrected chi connectivity index (χ0v) is 14.0. The molecular formula is C18H12F3N5O2. The third-order valence-electron chi connectivity index (χ3n) is 4.06. The standard InChI is InChI=1S/C18H12F3N5O2/c19-18(20,21)15-12(9-22-26(15)11-4-2-1-3-5-11)16(27)23-10-6-7-13-14(8-10)25-17(28)24-13/h1-9H,(H,23,27)(H2,24,25,28). The molecule has 0 aliphatic carbocycles. The van der Waals surface area contributed by atoms with Crippen LogP contribution in [0.3, 0.4) is 0 Å². The van der Waals surface area contributed by atoms with E-state index in [2.05, 4.69) is 20.4 Å². The molecule has 4 aromatic rings. The normalized spacial score (nSPS) is 11.7. The van der Waals surface area contributed by atoms with Crippen molar-refractivity contribution in [3.8, 4) is 5.69 Å². The minimum Gasteiger partial charge on any atom is -0.322 e. The van der Waals surface area contributed by atoms with Crippen LogP contribution in [0.1, 0.15) is 16.1 Å². The van der Waals surface area contributed by atoms with Gasteiger partial charge in [0.1, 0.15) is 0 Å². The van der Waals surface area contributed by atoms with Gasteiger partial charge in [0.05, 0.1) is 28.5 Å². The van der Waals surface area contributed by atoms with Gasteiger partial charge in [-0.05, 0) is 30.3 Å². The molecule has 0 bridgehead atoms. The predicted octanol–water partition coefficient (Wildman–Crippen LogP) is 3.31. The second kappa shape index (κ2) is 6.41. The number of benzene rings is 2. The molecule has 2 aromatic carbocycles. The Balaban J connectivity index is 1.72. The zero-order valence-electron chi connectivity index (χ0n) is 14.0. The number of halogens is 3. The minimum absolute atomic E-state index is 0.181. The number of hydrogen-bond acceptors (Lipinski definition) is 3. The number of amides is 1. The molecule has 0 spiro atoms. The molecule has 1 amide bonds. The second-order valence-corrected chi connectivity index (χ2v) is 5.95. The van der Waals surface area contributed by atoms with Crippen molar-refractivity contribution in [1.29, 1.82) is 0 Å². The van der Waals surface area contributed by atoms with E-state index in [1.165, 1.54) is 30.3 Å². The fraction of sp³-hybridized carbons (Fsp3) is 0.0556. The fourth-order valence-corrected chi connectivity index (χ4v) is 2.86. The van der Waals surface area contributed by atoms with Crippen molar-refractivity contribution in [2.75, 3.05) is 5.32 Å². The number of carbonyl (C=O) groups excluding carboxylic acids is 1. The van der Waals surface area contributed by atoms with Crippen LogP contribution in [0.25, 0.3) is 16.7 Å². The lowest BCUT2D eigenvalue weighted by Gasteiger charge is -2.13. The smallest absolute Gasteiger partial charge is 0.322 e. The van der Waals surface area contributed by atoms with Gasteiger partial charge in [-0.25, -0.2) is 9.48 Å². The number of aromatic amines is 2. The molecule has 0 aliphatic heterocycles. The molecule has 0 radical (unpaired) electrons. The summed E-state index contributed by atoms with van der Waals surface area (Å²) in [5.41, 5.74) is -0.878. The molecule has 0 saturated heterocycles. The Morgan fingerprint density at radius 1 is 1.04 bits per heavy atom. The van der Waals surface area contributed by atoms with Crippen molar-refractivity contribution in [2.45, 2.75) is 6.18 Å². The predicted molar refractivity (Wildman–Crippen MR) is 95.4 cm³/mol. The van der Waals surface area contributed by atoms with Crippen LogP contribution in [0.4, 0.5) is 18.9 Å². The molecule has 0 unspecified atom stereocenters. The van der Waals surface area contributed by atoms with Gasteiger partial charge in [-0.15, -0.1) is 0 Å². The van der Waals surface area contributed by atoms with Gasteiger partial charge in [0.25, 0.3) is 5.91 Å². The monoisotopic (exact) mass is 387 g/mol. The number of imidazole rings is 1. The molecule has 0 saturated carbocycles. The van der Waals surface area contributed by atoms with Crippen molar-refractivity contribution in [2.24, 2.45) is 0 Å². The Kier molecular flexibility index (Phi) is 4.03. The molecule has 0 aliphatic rings. The number of rotatable bonds is 3. The number of anilines is 1. The van der Waals surface area contributed by atoms with E-state index in [0.717, 1.165) is 6.20 Å². The number of hydrogen-bond donors (Lipinski definition) is 3. The zero-order chi connectivity index (χ0) is 19.9. The van der Waals surface area contributed by atoms with E-state index in [9.17, 15) is 22.8 Å². The highest BCUT2D eigenvalue weighted by molar-refractivity contribution is 6.05. The van der Waals surface area contributed by atoms with Gasteiger partial charge in [0, 0.05) is 5.69 Å². The Hall–Kier alpha value is -3.82. The Labute approximate surface area is 154 Å². The van der Waals surface area contributed by atoms with Gasteiger partial charge in [-0.1, -0.05) is 18.2 Å². The third-order valence-corrected chi connectivity index (χ3v) is 4.06. The molecule has 2 heterocycles. The van der Waals surface area contributed by atoms with Crippen molar-refractivity contribution >= 4 is 22.6 Å². The summed E-state index contributed by atoms with van der Waals surface area (Å²) in [6.45, 7) is 0. The van der Waals surface area contributed by atoms with Crippen LogP contribution in [-0.4, -0.2) is 25.7 Å². The molecule has 28 heavy (non-hydrogen) atoms. The number of fused-ring (bicyclic) bond motifs is 1. The van der Waals surface area contributed by atoms with Gasteiger partial charge in [0.15, 0.2) is 5.69 Å². The first-order valence-corrected chi connectivity index (χ1v) is 8.07. The van der Waals surface area contributed by atoms with Crippen LogP contribution in [0.2, 0.25) is 0 Å². The largest absolute Gasteiger partial charge is 0.434 e. The Morgan fingerprint density at radius 3 is 2.46 bits per heavy atom. The van der Waals surface area contributed by atoms with Crippen molar-refractivity contribution in [1.82, 2.24) is 19.7 Å². The van der Waals surface area contributed by atoms with Gasteiger partial charge in [-0.3, -0.25) is 4.79 Å². The molecule has 3 N–H and O–H groups in total. The molecule has 0 fully saturated rings. The van der Waals surface area contributed by atoms with Gasteiger partial charge in [0.2, 0.25) is 0 Å². The maximum atomic E-state index is 13.7. The average molecular weight is 387 g/mol. The summed E-state index contributed by atoms with van der Waals surface area (Å²) >= 11 is 0. The number of nitrogens with one attached hydrogen (secondary N) is 3. The lowest BCUT2D eigenvalue weighted by atomic mass is 10.2. The Bertz CT molecular complexity index is 1220. The van der Waals surface area contributed by atoms with E-state index in [1.807, 2.05) is 0 Å². The van der Waals surface area contributed by atoms with E-state index in [0.29, 0.717) is 15.7 Å². The van der Waals surface area contributed by atoms with E-state index < -0.39 is 29.0 Å². The number of aromatic nitrogens is 4. The number of H-pyrrole nitrogens is 2. The molecule has 2 aromatic heterocycles. The number of carbonyl (C=O) groups is 1. The summed E-state index contributed by atoms with van der Waals surface area (Å²) in [4.78, 5) is 28.9. The topological polar surface area (TPSA) is 95.6 Å². The summed E-state index contributed by atoms with van der Waals surface area (Å²) in [6, 6.07) is 12.2. The van der Waals surface area contributed by atoms with Crippen molar-refractivity contribution < 1.29 is 18.0 Å². The van der Waals surface area contributed by atoms with Crippen LogP contribution >= 0.6 is 0 Å². The lowest BCUT2D eigenvalue weighted by Crippen LogP contribution is -2.20. The van der Waals surface area contributed by atoms with Crippen molar-refractivity contribution in [3.05, 3.63) is 76.5 Å². The fourth-order valence-electron chi connectivity index (χ4n) is 2.86. The van der Waals surface area contributed by atoms with E-state index >= 15 is 0 Å².